The monoisotopic (exact) mass is 309 g/mol. The summed E-state index contributed by atoms with van der Waals surface area (Å²) < 4.78 is 5.67. The molecule has 2 rings (SSSR count). The average molecular weight is 310 g/mol. The molecule has 2 nitrogen and oxygen atoms in total. The minimum atomic E-state index is 0.471. The Balaban J connectivity index is 1.89. The predicted molar refractivity (Wildman–Crippen MR) is 86.2 cm³/mol. The van der Waals surface area contributed by atoms with Crippen LogP contribution in [-0.4, -0.2) is 11.6 Å². The van der Waals surface area contributed by atoms with Crippen LogP contribution in [0.25, 0.3) is 10.6 Å². The molecule has 1 heterocycles. The average Bonchev–Trinajstić information content (AvgIpc) is 2.93. The van der Waals surface area contributed by atoms with E-state index in [2.05, 4.69) is 43.1 Å². The van der Waals surface area contributed by atoms with E-state index in [-0.39, 0.29) is 0 Å². The van der Waals surface area contributed by atoms with Gasteiger partial charge in [-0.25, -0.2) is 4.98 Å². The molecule has 108 valence electrons. The smallest absolute Gasteiger partial charge is 0.123 e. The number of aromatic nitrogens is 1. The van der Waals surface area contributed by atoms with Crippen molar-refractivity contribution in [1.82, 2.24) is 4.98 Å². The van der Waals surface area contributed by atoms with E-state index >= 15 is 0 Å². The first-order valence-electron chi connectivity index (χ1n) is 6.86. The molecule has 1 aromatic heterocycles. The van der Waals surface area contributed by atoms with Gasteiger partial charge in [0.15, 0.2) is 0 Å². The molecule has 1 aromatic carbocycles. The molecular formula is C16H20ClNOS. The Labute approximate surface area is 129 Å². The third kappa shape index (κ3) is 4.58. The van der Waals surface area contributed by atoms with E-state index in [4.69, 9.17) is 16.3 Å². The summed E-state index contributed by atoms with van der Waals surface area (Å²) in [5.41, 5.74) is 3.27. The molecule has 4 heteroatoms. The standard InChI is InChI=1S/C16H20ClNOS/c1-12(2)7-8-19-10-13-3-5-14(6-4-13)16-18-15(9-17)11-20-16/h3-6,11-12H,7-10H2,1-2H3. The summed E-state index contributed by atoms with van der Waals surface area (Å²) >= 11 is 7.40. The van der Waals surface area contributed by atoms with Crippen molar-refractivity contribution in [3.63, 3.8) is 0 Å². The number of alkyl halides is 1. The number of hydrogen-bond acceptors (Lipinski definition) is 3. The van der Waals surface area contributed by atoms with Gasteiger partial charge < -0.3 is 4.74 Å². The summed E-state index contributed by atoms with van der Waals surface area (Å²) in [7, 11) is 0. The molecule has 0 aliphatic carbocycles. The summed E-state index contributed by atoms with van der Waals surface area (Å²) in [6.07, 6.45) is 1.11. The van der Waals surface area contributed by atoms with Crippen molar-refractivity contribution in [2.75, 3.05) is 6.61 Å². The number of hydrogen-bond donors (Lipinski definition) is 0. The molecule has 0 saturated carbocycles. The maximum atomic E-state index is 5.77. The topological polar surface area (TPSA) is 22.1 Å². The van der Waals surface area contributed by atoms with Crippen LogP contribution in [0.5, 0.6) is 0 Å². The quantitative estimate of drug-likeness (QED) is 0.523. The molecule has 0 N–H and O–H groups in total. The van der Waals surface area contributed by atoms with Crippen LogP contribution in [0.15, 0.2) is 29.6 Å². The van der Waals surface area contributed by atoms with Crippen LogP contribution >= 0.6 is 22.9 Å². The SMILES string of the molecule is CC(C)CCOCc1ccc(-c2nc(CCl)cs2)cc1. The van der Waals surface area contributed by atoms with Crippen molar-refractivity contribution >= 4 is 22.9 Å². The zero-order valence-corrected chi connectivity index (χ0v) is 13.5. The highest BCUT2D eigenvalue weighted by Gasteiger charge is 2.04. The highest BCUT2D eigenvalue weighted by molar-refractivity contribution is 7.13. The summed E-state index contributed by atoms with van der Waals surface area (Å²) in [4.78, 5) is 4.48. The number of nitrogens with zero attached hydrogens (tertiary/aromatic N) is 1. The molecule has 0 amide bonds. The van der Waals surface area contributed by atoms with E-state index in [1.54, 1.807) is 11.3 Å². The van der Waals surface area contributed by atoms with Crippen LogP contribution in [0.1, 0.15) is 31.5 Å². The van der Waals surface area contributed by atoms with Crippen molar-refractivity contribution in [3.05, 3.63) is 40.9 Å². The van der Waals surface area contributed by atoms with Gasteiger partial charge in [0.25, 0.3) is 0 Å². The van der Waals surface area contributed by atoms with Gasteiger partial charge in [0.2, 0.25) is 0 Å². The Morgan fingerprint density at radius 3 is 2.60 bits per heavy atom. The fourth-order valence-corrected chi connectivity index (χ4v) is 2.81. The maximum Gasteiger partial charge on any atom is 0.123 e. The van der Waals surface area contributed by atoms with Gasteiger partial charge >= 0.3 is 0 Å². The second-order valence-electron chi connectivity index (χ2n) is 5.21. The lowest BCUT2D eigenvalue weighted by Gasteiger charge is -2.07. The third-order valence-corrected chi connectivity index (χ3v) is 4.21. The van der Waals surface area contributed by atoms with Gasteiger partial charge in [0, 0.05) is 17.6 Å². The fraction of sp³-hybridized carbons (Fsp3) is 0.438. The number of rotatable bonds is 7. The summed E-state index contributed by atoms with van der Waals surface area (Å²) in [6.45, 7) is 5.92. The van der Waals surface area contributed by atoms with E-state index in [1.807, 2.05) is 5.38 Å². The van der Waals surface area contributed by atoms with Crippen LogP contribution in [0, 0.1) is 5.92 Å². The molecule has 0 fully saturated rings. The van der Waals surface area contributed by atoms with E-state index in [0.717, 1.165) is 29.3 Å². The number of ether oxygens (including phenoxy) is 1. The first-order chi connectivity index (χ1) is 9.69. The summed E-state index contributed by atoms with van der Waals surface area (Å²) in [5.74, 6) is 1.16. The molecular weight excluding hydrogens is 290 g/mol. The van der Waals surface area contributed by atoms with Gasteiger partial charge in [0.05, 0.1) is 18.2 Å². The summed E-state index contributed by atoms with van der Waals surface area (Å²) in [6, 6.07) is 8.40. The lowest BCUT2D eigenvalue weighted by molar-refractivity contribution is 0.110. The van der Waals surface area contributed by atoms with E-state index < -0.39 is 0 Å². The van der Waals surface area contributed by atoms with Crippen molar-refractivity contribution in [3.8, 4) is 10.6 Å². The maximum absolute atomic E-state index is 5.77. The Kier molecular flexibility index (Phi) is 6.02. The number of thiazole rings is 1. The highest BCUT2D eigenvalue weighted by atomic mass is 35.5. The van der Waals surface area contributed by atoms with Crippen molar-refractivity contribution in [2.45, 2.75) is 32.8 Å². The van der Waals surface area contributed by atoms with Crippen molar-refractivity contribution in [2.24, 2.45) is 5.92 Å². The zero-order valence-electron chi connectivity index (χ0n) is 11.9. The molecule has 0 bridgehead atoms. The van der Waals surface area contributed by atoms with E-state index in [1.165, 1.54) is 5.56 Å². The van der Waals surface area contributed by atoms with E-state index in [9.17, 15) is 0 Å². The Hall–Kier alpha value is -0.900. The van der Waals surface area contributed by atoms with Gasteiger partial charge in [-0.2, -0.15) is 0 Å². The number of benzene rings is 1. The van der Waals surface area contributed by atoms with Crippen LogP contribution in [0.2, 0.25) is 0 Å². The first kappa shape index (κ1) is 15.5. The van der Waals surface area contributed by atoms with Gasteiger partial charge in [-0.15, -0.1) is 22.9 Å². The van der Waals surface area contributed by atoms with E-state index in [0.29, 0.717) is 18.4 Å². The molecule has 2 aromatic rings. The minimum Gasteiger partial charge on any atom is -0.377 e. The second kappa shape index (κ2) is 7.77. The molecule has 0 radical (unpaired) electrons. The zero-order chi connectivity index (χ0) is 14.4. The third-order valence-electron chi connectivity index (χ3n) is 3.00. The van der Waals surface area contributed by atoms with Crippen LogP contribution < -0.4 is 0 Å². The lowest BCUT2D eigenvalue weighted by Crippen LogP contribution is -1.99. The predicted octanol–water partition coefficient (Wildman–Crippen LogP) is 5.11. The minimum absolute atomic E-state index is 0.471. The Bertz CT molecular complexity index is 522. The molecule has 0 saturated heterocycles. The molecule has 0 spiro atoms. The Morgan fingerprint density at radius 1 is 1.25 bits per heavy atom. The molecule has 0 aliphatic heterocycles. The molecule has 0 aliphatic rings. The van der Waals surface area contributed by atoms with Crippen molar-refractivity contribution in [1.29, 1.82) is 0 Å². The van der Waals surface area contributed by atoms with Gasteiger partial charge in [-0.1, -0.05) is 38.1 Å². The van der Waals surface area contributed by atoms with Gasteiger partial charge in [0.1, 0.15) is 5.01 Å². The lowest BCUT2D eigenvalue weighted by atomic mass is 10.1. The normalized spacial score (nSPS) is 11.2. The fourth-order valence-electron chi connectivity index (χ4n) is 1.75. The van der Waals surface area contributed by atoms with Crippen LogP contribution in [-0.2, 0) is 17.2 Å². The molecule has 0 atom stereocenters. The first-order valence-corrected chi connectivity index (χ1v) is 8.28. The van der Waals surface area contributed by atoms with Crippen LogP contribution in [0.3, 0.4) is 0 Å². The van der Waals surface area contributed by atoms with Crippen molar-refractivity contribution < 1.29 is 4.74 Å². The van der Waals surface area contributed by atoms with Crippen LogP contribution in [0.4, 0.5) is 0 Å². The van der Waals surface area contributed by atoms with Gasteiger partial charge in [-0.3, -0.25) is 0 Å². The molecule has 0 unspecified atom stereocenters. The Morgan fingerprint density at radius 2 is 2.00 bits per heavy atom. The molecule has 20 heavy (non-hydrogen) atoms. The largest absolute Gasteiger partial charge is 0.377 e. The summed E-state index contributed by atoms with van der Waals surface area (Å²) in [5, 5.41) is 3.03. The van der Waals surface area contributed by atoms with Gasteiger partial charge in [-0.05, 0) is 17.9 Å². The highest BCUT2D eigenvalue weighted by Crippen LogP contribution is 2.24. The second-order valence-corrected chi connectivity index (χ2v) is 6.34. The number of halogens is 1.